The molecule has 0 aromatic carbocycles. The summed E-state index contributed by atoms with van der Waals surface area (Å²) in [7, 11) is 1.67. The van der Waals surface area contributed by atoms with E-state index in [2.05, 4.69) is 34.8 Å². The largest absolute Gasteiger partial charge is 0.495 e. The lowest BCUT2D eigenvalue weighted by Crippen LogP contribution is -2.01. The molecule has 0 aliphatic carbocycles. The number of pyridine rings is 1. The molecule has 1 rings (SSSR count). The van der Waals surface area contributed by atoms with Gasteiger partial charge in [-0.15, -0.1) is 0 Å². The Kier molecular flexibility index (Phi) is 4.39. The van der Waals surface area contributed by atoms with Gasteiger partial charge in [0.25, 0.3) is 0 Å². The molecule has 0 fully saturated rings. The number of aromatic nitrogens is 1. The fourth-order valence-corrected chi connectivity index (χ4v) is 2.00. The maximum Gasteiger partial charge on any atom is 0.137 e. The van der Waals surface area contributed by atoms with Crippen LogP contribution in [0.1, 0.15) is 31.7 Å². The molecule has 0 saturated carbocycles. The van der Waals surface area contributed by atoms with Crippen molar-refractivity contribution in [2.45, 2.75) is 31.0 Å². The number of halogens is 1. The normalized spacial score (nSPS) is 14.9. The average Bonchev–Trinajstić information content (AvgIpc) is 2.17. The molecule has 0 aliphatic heterocycles. The van der Waals surface area contributed by atoms with E-state index in [1.165, 1.54) is 5.56 Å². The molecular formula is C11H16BrNO. The van der Waals surface area contributed by atoms with Crippen LogP contribution in [0.15, 0.2) is 18.5 Å². The molecule has 0 aliphatic rings. The molecule has 14 heavy (non-hydrogen) atoms. The van der Waals surface area contributed by atoms with E-state index < -0.39 is 0 Å². The van der Waals surface area contributed by atoms with Crippen molar-refractivity contribution in [2.75, 3.05) is 7.11 Å². The number of methoxy groups -OCH3 is 1. The Morgan fingerprint density at radius 1 is 1.43 bits per heavy atom. The summed E-state index contributed by atoms with van der Waals surface area (Å²) in [6.07, 6.45) is 4.74. The highest BCUT2D eigenvalue weighted by Crippen LogP contribution is 2.25. The number of hydrogen-bond acceptors (Lipinski definition) is 2. The summed E-state index contributed by atoms with van der Waals surface area (Å²) in [5, 5.41) is 0. The molecular weight excluding hydrogens is 242 g/mol. The van der Waals surface area contributed by atoms with E-state index in [1.54, 1.807) is 13.3 Å². The number of nitrogens with zero attached hydrogens (tertiary/aromatic N) is 1. The van der Waals surface area contributed by atoms with Crippen LogP contribution >= 0.6 is 15.9 Å². The van der Waals surface area contributed by atoms with Gasteiger partial charge in [0.2, 0.25) is 0 Å². The van der Waals surface area contributed by atoms with E-state index in [-0.39, 0.29) is 0 Å². The first-order chi connectivity index (χ1) is 6.63. The summed E-state index contributed by atoms with van der Waals surface area (Å²) < 4.78 is 5.14. The molecule has 3 heteroatoms. The lowest BCUT2D eigenvalue weighted by molar-refractivity contribution is 0.411. The zero-order chi connectivity index (χ0) is 10.6. The fraction of sp³-hybridized carbons (Fsp3) is 0.545. The van der Waals surface area contributed by atoms with Gasteiger partial charge in [0.05, 0.1) is 13.3 Å². The van der Waals surface area contributed by atoms with Gasteiger partial charge in [-0.1, -0.05) is 29.8 Å². The van der Waals surface area contributed by atoms with Crippen molar-refractivity contribution in [3.8, 4) is 5.75 Å². The van der Waals surface area contributed by atoms with E-state index in [0.717, 1.165) is 12.2 Å². The molecule has 0 amide bonds. The third-order valence-corrected chi connectivity index (χ3v) is 2.59. The van der Waals surface area contributed by atoms with Gasteiger partial charge in [0, 0.05) is 11.0 Å². The van der Waals surface area contributed by atoms with Crippen LogP contribution in [0.25, 0.3) is 0 Å². The first-order valence-corrected chi connectivity index (χ1v) is 5.68. The second kappa shape index (κ2) is 5.35. The molecule has 2 nitrogen and oxygen atoms in total. The molecule has 0 N–H and O–H groups in total. The lowest BCUT2D eigenvalue weighted by atomic mass is 9.98. The third-order valence-electron chi connectivity index (χ3n) is 2.22. The van der Waals surface area contributed by atoms with Crippen LogP contribution in [0.4, 0.5) is 0 Å². The second-order valence-corrected chi connectivity index (χ2v) is 5.14. The highest BCUT2D eigenvalue weighted by molar-refractivity contribution is 9.09. The summed E-state index contributed by atoms with van der Waals surface area (Å²) >= 11 is 3.56. The summed E-state index contributed by atoms with van der Waals surface area (Å²) in [6.45, 7) is 4.36. The van der Waals surface area contributed by atoms with Gasteiger partial charge in [-0.25, -0.2) is 0 Å². The zero-order valence-corrected chi connectivity index (χ0v) is 10.4. The van der Waals surface area contributed by atoms with E-state index in [4.69, 9.17) is 4.74 Å². The molecule has 0 radical (unpaired) electrons. The van der Waals surface area contributed by atoms with Gasteiger partial charge in [-0.2, -0.15) is 0 Å². The SMILES string of the molecule is COc1cncc(C(C)CC(C)Br)c1. The minimum absolute atomic E-state index is 0.506. The summed E-state index contributed by atoms with van der Waals surface area (Å²) in [5.74, 6) is 1.34. The molecule has 0 bridgehead atoms. The summed E-state index contributed by atoms with van der Waals surface area (Å²) in [4.78, 5) is 4.67. The Labute approximate surface area is 93.8 Å². The second-order valence-electron chi connectivity index (χ2n) is 3.58. The topological polar surface area (TPSA) is 22.1 Å². The number of ether oxygens (including phenoxy) is 1. The smallest absolute Gasteiger partial charge is 0.137 e. The van der Waals surface area contributed by atoms with E-state index in [1.807, 2.05) is 12.3 Å². The van der Waals surface area contributed by atoms with Gasteiger partial charge < -0.3 is 4.74 Å². The number of alkyl halides is 1. The van der Waals surface area contributed by atoms with E-state index in [0.29, 0.717) is 10.7 Å². The van der Waals surface area contributed by atoms with Crippen molar-refractivity contribution >= 4 is 15.9 Å². The van der Waals surface area contributed by atoms with Crippen molar-refractivity contribution in [1.82, 2.24) is 4.98 Å². The molecule has 78 valence electrons. The van der Waals surface area contributed by atoms with Crippen LogP contribution in [-0.4, -0.2) is 16.9 Å². The van der Waals surface area contributed by atoms with Gasteiger partial charge in [-0.3, -0.25) is 4.98 Å². The minimum Gasteiger partial charge on any atom is -0.495 e. The van der Waals surface area contributed by atoms with Crippen LogP contribution < -0.4 is 4.74 Å². The molecule has 2 unspecified atom stereocenters. The van der Waals surface area contributed by atoms with Crippen molar-refractivity contribution in [1.29, 1.82) is 0 Å². The first-order valence-electron chi connectivity index (χ1n) is 4.76. The van der Waals surface area contributed by atoms with Gasteiger partial charge >= 0.3 is 0 Å². The van der Waals surface area contributed by atoms with Crippen LogP contribution in [0.2, 0.25) is 0 Å². The van der Waals surface area contributed by atoms with Gasteiger partial charge in [-0.05, 0) is 24.0 Å². The predicted molar refractivity (Wildman–Crippen MR) is 62.2 cm³/mol. The fourth-order valence-electron chi connectivity index (χ4n) is 1.44. The molecule has 1 aromatic heterocycles. The monoisotopic (exact) mass is 257 g/mol. The van der Waals surface area contributed by atoms with Crippen LogP contribution in [-0.2, 0) is 0 Å². The highest BCUT2D eigenvalue weighted by atomic mass is 79.9. The summed E-state index contributed by atoms with van der Waals surface area (Å²) in [5.41, 5.74) is 1.23. The quantitative estimate of drug-likeness (QED) is 0.772. The van der Waals surface area contributed by atoms with Crippen molar-refractivity contribution in [3.05, 3.63) is 24.0 Å². The van der Waals surface area contributed by atoms with Crippen LogP contribution in [0.3, 0.4) is 0 Å². The zero-order valence-electron chi connectivity index (χ0n) is 8.83. The predicted octanol–water partition coefficient (Wildman–Crippen LogP) is 3.37. The maximum absolute atomic E-state index is 5.14. The Hall–Kier alpha value is -0.570. The number of hydrogen-bond donors (Lipinski definition) is 0. The summed E-state index contributed by atoms with van der Waals surface area (Å²) in [6, 6.07) is 2.05. The first kappa shape index (κ1) is 11.5. The van der Waals surface area contributed by atoms with Crippen LogP contribution in [0.5, 0.6) is 5.75 Å². The molecule has 1 heterocycles. The maximum atomic E-state index is 5.14. The molecule has 0 saturated heterocycles. The van der Waals surface area contributed by atoms with Crippen molar-refractivity contribution < 1.29 is 4.74 Å². The highest BCUT2D eigenvalue weighted by Gasteiger charge is 2.09. The Morgan fingerprint density at radius 2 is 2.14 bits per heavy atom. The Morgan fingerprint density at radius 3 is 2.71 bits per heavy atom. The molecule has 2 atom stereocenters. The van der Waals surface area contributed by atoms with Crippen molar-refractivity contribution in [3.63, 3.8) is 0 Å². The Bertz CT molecular complexity index is 288. The van der Waals surface area contributed by atoms with Gasteiger partial charge in [0.15, 0.2) is 0 Å². The molecule has 1 aromatic rings. The average molecular weight is 258 g/mol. The van der Waals surface area contributed by atoms with E-state index >= 15 is 0 Å². The number of rotatable bonds is 4. The standard InChI is InChI=1S/C11H16BrNO/c1-8(4-9(2)12)10-5-11(14-3)7-13-6-10/h5-9H,4H2,1-3H3. The van der Waals surface area contributed by atoms with Gasteiger partial charge in [0.1, 0.15) is 5.75 Å². The Balaban J connectivity index is 2.73. The van der Waals surface area contributed by atoms with E-state index in [9.17, 15) is 0 Å². The minimum atomic E-state index is 0.506. The molecule has 0 spiro atoms. The van der Waals surface area contributed by atoms with Crippen molar-refractivity contribution in [2.24, 2.45) is 0 Å². The lowest BCUT2D eigenvalue weighted by Gasteiger charge is -2.13. The third kappa shape index (κ3) is 3.29. The van der Waals surface area contributed by atoms with Crippen LogP contribution in [0, 0.1) is 0 Å².